The summed E-state index contributed by atoms with van der Waals surface area (Å²) < 4.78 is 0. The Morgan fingerprint density at radius 2 is 2.21 bits per heavy atom. The summed E-state index contributed by atoms with van der Waals surface area (Å²) in [7, 11) is 0. The van der Waals surface area contributed by atoms with Gasteiger partial charge in [-0.3, -0.25) is 9.88 Å². The Bertz CT molecular complexity index is 549. The minimum Gasteiger partial charge on any atom is -0.329 e. The lowest BCUT2D eigenvalue weighted by atomic mass is 10.1. The van der Waals surface area contributed by atoms with Crippen LogP contribution in [0.3, 0.4) is 0 Å². The Balaban J connectivity index is 1.88. The van der Waals surface area contributed by atoms with Crippen molar-refractivity contribution in [2.75, 3.05) is 26.2 Å². The molecule has 0 saturated carbocycles. The van der Waals surface area contributed by atoms with E-state index in [9.17, 15) is 0 Å². The average molecular weight is 256 g/mol. The van der Waals surface area contributed by atoms with Crippen LogP contribution in [0, 0.1) is 0 Å². The van der Waals surface area contributed by atoms with Crippen molar-refractivity contribution < 1.29 is 0 Å². The Labute approximate surface area is 113 Å². The van der Waals surface area contributed by atoms with Crippen molar-refractivity contribution in [1.29, 1.82) is 0 Å². The molecule has 4 heteroatoms. The van der Waals surface area contributed by atoms with E-state index >= 15 is 0 Å². The second-order valence-electron chi connectivity index (χ2n) is 5.05. The van der Waals surface area contributed by atoms with Crippen molar-refractivity contribution in [2.45, 2.75) is 12.6 Å². The number of pyridine rings is 1. The van der Waals surface area contributed by atoms with E-state index < -0.39 is 0 Å². The number of aromatic nitrogens is 1. The number of para-hydroxylation sites is 1. The molecule has 0 bridgehead atoms. The molecule has 2 aromatic rings. The molecule has 100 valence electrons. The topological polar surface area (TPSA) is 54.2 Å². The fourth-order valence-corrected chi connectivity index (χ4v) is 2.76. The molecule has 19 heavy (non-hydrogen) atoms. The van der Waals surface area contributed by atoms with E-state index in [-0.39, 0.29) is 0 Å². The second kappa shape index (κ2) is 5.65. The van der Waals surface area contributed by atoms with Crippen LogP contribution >= 0.6 is 0 Å². The Hall–Kier alpha value is -1.49. The van der Waals surface area contributed by atoms with E-state index in [1.807, 2.05) is 12.3 Å². The van der Waals surface area contributed by atoms with Gasteiger partial charge in [-0.25, -0.2) is 0 Å². The minimum atomic E-state index is 0.431. The molecule has 0 radical (unpaired) electrons. The summed E-state index contributed by atoms with van der Waals surface area (Å²) >= 11 is 0. The fraction of sp³-hybridized carbons (Fsp3) is 0.400. The standard InChI is InChI=1S/C15H20N4/c16-9-13-10-17-7-8-19(13)11-12-5-6-18-15-4-2-1-3-14(12)15/h1-6,13,17H,7-11,16H2. The third-order valence-corrected chi connectivity index (χ3v) is 3.86. The first kappa shape index (κ1) is 12.5. The molecule has 1 saturated heterocycles. The van der Waals surface area contributed by atoms with Crippen molar-refractivity contribution in [3.8, 4) is 0 Å². The largest absolute Gasteiger partial charge is 0.329 e. The molecule has 1 aliphatic rings. The van der Waals surface area contributed by atoms with Crippen molar-refractivity contribution in [3.05, 3.63) is 42.1 Å². The van der Waals surface area contributed by atoms with E-state index in [1.54, 1.807) is 0 Å². The summed E-state index contributed by atoms with van der Waals surface area (Å²) in [5, 5.41) is 4.65. The lowest BCUT2D eigenvalue weighted by Crippen LogP contribution is -2.53. The van der Waals surface area contributed by atoms with Crippen LogP contribution in [0.4, 0.5) is 0 Å². The van der Waals surface area contributed by atoms with Gasteiger partial charge in [-0.2, -0.15) is 0 Å². The van der Waals surface area contributed by atoms with Gasteiger partial charge in [-0.1, -0.05) is 18.2 Å². The maximum atomic E-state index is 5.87. The van der Waals surface area contributed by atoms with E-state index in [4.69, 9.17) is 5.73 Å². The molecule has 2 heterocycles. The molecule has 0 amide bonds. The zero-order valence-electron chi connectivity index (χ0n) is 11.0. The van der Waals surface area contributed by atoms with Crippen LogP contribution in [0.25, 0.3) is 10.9 Å². The highest BCUT2D eigenvalue weighted by Crippen LogP contribution is 2.19. The van der Waals surface area contributed by atoms with E-state index in [1.165, 1.54) is 10.9 Å². The zero-order chi connectivity index (χ0) is 13.1. The predicted molar refractivity (Wildman–Crippen MR) is 77.9 cm³/mol. The van der Waals surface area contributed by atoms with Gasteiger partial charge in [0.1, 0.15) is 0 Å². The third kappa shape index (κ3) is 2.61. The Morgan fingerprint density at radius 3 is 3.11 bits per heavy atom. The van der Waals surface area contributed by atoms with Gasteiger partial charge in [-0.05, 0) is 17.7 Å². The summed E-state index contributed by atoms with van der Waals surface area (Å²) in [6.07, 6.45) is 1.90. The van der Waals surface area contributed by atoms with Gasteiger partial charge in [0, 0.05) is 50.3 Å². The molecule has 3 N–H and O–H groups in total. The van der Waals surface area contributed by atoms with Gasteiger partial charge in [0.25, 0.3) is 0 Å². The van der Waals surface area contributed by atoms with Gasteiger partial charge in [0.05, 0.1) is 5.52 Å². The number of nitrogens with two attached hydrogens (primary N) is 1. The van der Waals surface area contributed by atoms with Crippen LogP contribution in [0.5, 0.6) is 0 Å². The first-order valence-electron chi connectivity index (χ1n) is 6.86. The molecule has 0 aliphatic carbocycles. The average Bonchev–Trinajstić information content (AvgIpc) is 2.48. The number of rotatable bonds is 3. The SMILES string of the molecule is NCC1CNCCN1Cc1ccnc2ccccc12. The quantitative estimate of drug-likeness (QED) is 0.859. The van der Waals surface area contributed by atoms with Crippen molar-refractivity contribution in [1.82, 2.24) is 15.2 Å². The van der Waals surface area contributed by atoms with Gasteiger partial charge in [-0.15, -0.1) is 0 Å². The minimum absolute atomic E-state index is 0.431. The van der Waals surface area contributed by atoms with E-state index in [2.05, 4.69) is 39.5 Å². The molecule has 1 atom stereocenters. The third-order valence-electron chi connectivity index (χ3n) is 3.86. The van der Waals surface area contributed by atoms with Crippen LogP contribution in [0.1, 0.15) is 5.56 Å². The van der Waals surface area contributed by atoms with Crippen LogP contribution in [0.2, 0.25) is 0 Å². The van der Waals surface area contributed by atoms with Gasteiger partial charge < -0.3 is 11.1 Å². The van der Waals surface area contributed by atoms with E-state index in [0.29, 0.717) is 12.6 Å². The van der Waals surface area contributed by atoms with Gasteiger partial charge in [0.2, 0.25) is 0 Å². The number of fused-ring (bicyclic) bond motifs is 1. The summed E-state index contributed by atoms with van der Waals surface area (Å²) in [4.78, 5) is 6.89. The fourth-order valence-electron chi connectivity index (χ4n) is 2.76. The lowest BCUT2D eigenvalue weighted by Gasteiger charge is -2.35. The zero-order valence-corrected chi connectivity index (χ0v) is 11.0. The van der Waals surface area contributed by atoms with Gasteiger partial charge in [0.15, 0.2) is 0 Å². The lowest BCUT2D eigenvalue weighted by molar-refractivity contribution is 0.158. The Kier molecular flexibility index (Phi) is 3.73. The first-order valence-corrected chi connectivity index (χ1v) is 6.86. The molecule has 0 spiro atoms. The molecule has 1 aliphatic heterocycles. The highest BCUT2D eigenvalue weighted by molar-refractivity contribution is 5.81. The summed E-state index contributed by atoms with van der Waals surface area (Å²) in [6.45, 7) is 4.74. The molecule has 1 aromatic carbocycles. The molecule has 1 aromatic heterocycles. The molecular weight excluding hydrogens is 236 g/mol. The monoisotopic (exact) mass is 256 g/mol. The van der Waals surface area contributed by atoms with Crippen molar-refractivity contribution >= 4 is 10.9 Å². The molecule has 1 fully saturated rings. The number of piperazine rings is 1. The summed E-state index contributed by atoms with van der Waals surface area (Å²) in [6, 6.07) is 10.9. The smallest absolute Gasteiger partial charge is 0.0705 e. The molecular formula is C15H20N4. The maximum absolute atomic E-state index is 5.87. The summed E-state index contributed by atoms with van der Waals surface area (Å²) in [5.41, 5.74) is 8.27. The van der Waals surface area contributed by atoms with Crippen LogP contribution in [-0.2, 0) is 6.54 Å². The highest BCUT2D eigenvalue weighted by atomic mass is 15.2. The number of hydrogen-bond donors (Lipinski definition) is 2. The van der Waals surface area contributed by atoms with Crippen molar-refractivity contribution in [3.63, 3.8) is 0 Å². The summed E-state index contributed by atoms with van der Waals surface area (Å²) in [5.74, 6) is 0. The number of hydrogen-bond acceptors (Lipinski definition) is 4. The number of nitrogens with one attached hydrogen (secondary N) is 1. The highest BCUT2D eigenvalue weighted by Gasteiger charge is 2.21. The van der Waals surface area contributed by atoms with Crippen LogP contribution in [-0.4, -0.2) is 42.1 Å². The first-order chi connectivity index (χ1) is 9.38. The van der Waals surface area contributed by atoms with E-state index in [0.717, 1.165) is 31.7 Å². The molecule has 4 nitrogen and oxygen atoms in total. The predicted octanol–water partition coefficient (Wildman–Crippen LogP) is 0.967. The van der Waals surface area contributed by atoms with Crippen LogP contribution in [0.15, 0.2) is 36.5 Å². The second-order valence-corrected chi connectivity index (χ2v) is 5.05. The van der Waals surface area contributed by atoms with Crippen molar-refractivity contribution in [2.24, 2.45) is 5.73 Å². The normalized spacial score (nSPS) is 20.8. The van der Waals surface area contributed by atoms with Gasteiger partial charge >= 0.3 is 0 Å². The molecule has 3 rings (SSSR count). The number of nitrogens with zero attached hydrogens (tertiary/aromatic N) is 2. The maximum Gasteiger partial charge on any atom is 0.0705 e. The Morgan fingerprint density at radius 1 is 1.32 bits per heavy atom. The van der Waals surface area contributed by atoms with Crippen LogP contribution < -0.4 is 11.1 Å². The number of benzene rings is 1. The molecule has 1 unspecified atom stereocenters.